The van der Waals surface area contributed by atoms with Crippen molar-refractivity contribution in [1.29, 1.82) is 0 Å². The molecule has 6 heteroatoms. The topological polar surface area (TPSA) is 32.3 Å². The third-order valence-corrected chi connectivity index (χ3v) is 6.49. The lowest BCUT2D eigenvalue weighted by Gasteiger charge is -2.39. The molecule has 0 bridgehead atoms. The molecule has 0 radical (unpaired) electrons. The van der Waals surface area contributed by atoms with Crippen molar-refractivity contribution in [3.8, 4) is 0 Å². The van der Waals surface area contributed by atoms with E-state index in [0.717, 1.165) is 45.6 Å². The van der Waals surface area contributed by atoms with E-state index in [2.05, 4.69) is 41.3 Å². The number of nitrogens with zero attached hydrogens (tertiary/aromatic N) is 4. The molecule has 1 aliphatic heterocycles. The zero-order valence-corrected chi connectivity index (χ0v) is 15.9. The van der Waals surface area contributed by atoms with Crippen molar-refractivity contribution >= 4 is 22.7 Å². The predicted octanol–water partition coefficient (Wildman–Crippen LogP) is 3.43. The van der Waals surface area contributed by atoms with Crippen LogP contribution in [0.15, 0.2) is 10.8 Å². The number of piperazine rings is 1. The highest BCUT2D eigenvalue weighted by Gasteiger charge is 2.24. The van der Waals surface area contributed by atoms with E-state index in [1.807, 2.05) is 0 Å². The minimum absolute atomic E-state index is 0.569. The number of hydrogen-bond acceptors (Lipinski definition) is 6. The largest absolute Gasteiger partial charge is 0.295 e. The quantitative estimate of drug-likeness (QED) is 0.799. The van der Waals surface area contributed by atoms with Crippen molar-refractivity contribution in [1.82, 2.24) is 19.8 Å². The summed E-state index contributed by atoms with van der Waals surface area (Å²) in [5.41, 5.74) is 2.47. The molecule has 2 aromatic heterocycles. The Morgan fingerprint density at radius 3 is 2.13 bits per heavy atom. The standard InChI is InChI=1S/C17H26N4S2/c1-4-16-18-14(11-22-16)9-20-6-7-21(13(3)8-20)10-15-12-23-17(5-2)19-15/h11-13H,4-10H2,1-3H3. The molecule has 2 aromatic rings. The Morgan fingerprint density at radius 1 is 1.00 bits per heavy atom. The van der Waals surface area contributed by atoms with Crippen molar-refractivity contribution in [2.24, 2.45) is 0 Å². The van der Waals surface area contributed by atoms with Gasteiger partial charge in [-0.15, -0.1) is 22.7 Å². The molecule has 1 atom stereocenters. The summed E-state index contributed by atoms with van der Waals surface area (Å²) in [6.45, 7) is 12.0. The first-order valence-electron chi connectivity index (χ1n) is 8.50. The number of hydrogen-bond donors (Lipinski definition) is 0. The third kappa shape index (κ3) is 4.38. The summed E-state index contributed by atoms with van der Waals surface area (Å²) in [6.07, 6.45) is 2.09. The van der Waals surface area contributed by atoms with E-state index in [9.17, 15) is 0 Å². The van der Waals surface area contributed by atoms with Crippen LogP contribution in [-0.4, -0.2) is 45.4 Å². The smallest absolute Gasteiger partial charge is 0.0926 e. The summed E-state index contributed by atoms with van der Waals surface area (Å²) in [5.74, 6) is 0. The molecule has 1 aliphatic rings. The SMILES string of the molecule is CCc1nc(CN2CCN(Cc3csc(CC)n3)C(C)C2)cs1. The van der Waals surface area contributed by atoms with Gasteiger partial charge in [0, 0.05) is 49.5 Å². The number of aryl methyl sites for hydroxylation is 2. The van der Waals surface area contributed by atoms with E-state index in [4.69, 9.17) is 9.97 Å². The first kappa shape index (κ1) is 17.0. The van der Waals surface area contributed by atoms with Crippen LogP contribution < -0.4 is 0 Å². The molecule has 0 aliphatic carbocycles. The highest BCUT2D eigenvalue weighted by Crippen LogP contribution is 2.19. The fourth-order valence-electron chi connectivity index (χ4n) is 3.05. The molecule has 0 N–H and O–H groups in total. The van der Waals surface area contributed by atoms with E-state index in [0.29, 0.717) is 6.04 Å². The van der Waals surface area contributed by atoms with Gasteiger partial charge in [-0.3, -0.25) is 9.80 Å². The average Bonchev–Trinajstić information content (AvgIpc) is 3.19. The second-order valence-corrected chi connectivity index (χ2v) is 8.11. The van der Waals surface area contributed by atoms with Gasteiger partial charge >= 0.3 is 0 Å². The van der Waals surface area contributed by atoms with Crippen LogP contribution in [0.1, 0.15) is 42.2 Å². The van der Waals surface area contributed by atoms with E-state index < -0.39 is 0 Å². The highest BCUT2D eigenvalue weighted by molar-refractivity contribution is 7.09. The van der Waals surface area contributed by atoms with Crippen LogP contribution in [0.3, 0.4) is 0 Å². The average molecular weight is 351 g/mol. The second kappa shape index (κ2) is 7.83. The summed E-state index contributed by atoms with van der Waals surface area (Å²) < 4.78 is 0. The molecule has 0 aromatic carbocycles. The molecule has 23 heavy (non-hydrogen) atoms. The Balaban J connectivity index is 1.52. The van der Waals surface area contributed by atoms with Crippen molar-refractivity contribution in [3.05, 3.63) is 32.2 Å². The molecule has 0 amide bonds. The normalized spacial score (nSPS) is 20.2. The number of rotatable bonds is 6. The van der Waals surface area contributed by atoms with Gasteiger partial charge in [-0.05, 0) is 19.8 Å². The van der Waals surface area contributed by atoms with Crippen LogP contribution in [0.5, 0.6) is 0 Å². The van der Waals surface area contributed by atoms with Gasteiger partial charge in [-0.25, -0.2) is 9.97 Å². The lowest BCUT2D eigenvalue weighted by Crippen LogP contribution is -2.51. The van der Waals surface area contributed by atoms with Crippen molar-refractivity contribution in [2.45, 2.75) is 52.7 Å². The molecule has 3 rings (SSSR count). The zero-order chi connectivity index (χ0) is 16.2. The summed E-state index contributed by atoms with van der Waals surface area (Å²) in [5, 5.41) is 6.94. The zero-order valence-electron chi connectivity index (χ0n) is 14.3. The molecule has 1 unspecified atom stereocenters. The Bertz CT molecular complexity index is 622. The summed E-state index contributed by atoms with van der Waals surface area (Å²) in [7, 11) is 0. The maximum atomic E-state index is 4.71. The Hall–Kier alpha value is -0.820. The molecule has 1 fully saturated rings. The fourth-order valence-corrected chi connectivity index (χ4v) is 4.53. The Labute approximate surface area is 147 Å². The monoisotopic (exact) mass is 350 g/mol. The van der Waals surface area contributed by atoms with Gasteiger partial charge < -0.3 is 0 Å². The Morgan fingerprint density at radius 2 is 1.61 bits per heavy atom. The van der Waals surface area contributed by atoms with Crippen LogP contribution in [0.2, 0.25) is 0 Å². The second-order valence-electron chi connectivity index (χ2n) is 6.23. The molecular formula is C17H26N4S2. The molecular weight excluding hydrogens is 324 g/mol. The van der Waals surface area contributed by atoms with Gasteiger partial charge in [0.05, 0.1) is 21.4 Å². The number of thiazole rings is 2. The van der Waals surface area contributed by atoms with Gasteiger partial charge in [0.15, 0.2) is 0 Å². The van der Waals surface area contributed by atoms with Gasteiger partial charge in [-0.2, -0.15) is 0 Å². The van der Waals surface area contributed by atoms with Crippen LogP contribution in [-0.2, 0) is 25.9 Å². The van der Waals surface area contributed by atoms with Crippen LogP contribution in [0.25, 0.3) is 0 Å². The van der Waals surface area contributed by atoms with Gasteiger partial charge in [0.2, 0.25) is 0 Å². The maximum Gasteiger partial charge on any atom is 0.0926 e. The molecule has 126 valence electrons. The molecule has 4 nitrogen and oxygen atoms in total. The van der Waals surface area contributed by atoms with E-state index in [1.54, 1.807) is 22.7 Å². The van der Waals surface area contributed by atoms with Crippen molar-refractivity contribution in [3.63, 3.8) is 0 Å². The lowest BCUT2D eigenvalue weighted by molar-refractivity contribution is 0.0718. The maximum absolute atomic E-state index is 4.71. The molecule has 3 heterocycles. The fraction of sp³-hybridized carbons (Fsp3) is 0.647. The first-order chi connectivity index (χ1) is 11.2. The number of aromatic nitrogens is 2. The predicted molar refractivity (Wildman–Crippen MR) is 98.1 cm³/mol. The van der Waals surface area contributed by atoms with E-state index in [-0.39, 0.29) is 0 Å². The Kier molecular flexibility index (Phi) is 5.80. The van der Waals surface area contributed by atoms with Gasteiger partial charge in [0.1, 0.15) is 0 Å². The van der Waals surface area contributed by atoms with Crippen molar-refractivity contribution < 1.29 is 0 Å². The third-order valence-electron chi connectivity index (χ3n) is 4.40. The molecule has 0 spiro atoms. The summed E-state index contributed by atoms with van der Waals surface area (Å²) >= 11 is 3.58. The molecule has 0 saturated carbocycles. The lowest BCUT2D eigenvalue weighted by atomic mass is 10.1. The minimum atomic E-state index is 0.569. The minimum Gasteiger partial charge on any atom is -0.295 e. The van der Waals surface area contributed by atoms with Crippen LogP contribution in [0.4, 0.5) is 0 Å². The van der Waals surface area contributed by atoms with E-state index in [1.165, 1.54) is 21.4 Å². The van der Waals surface area contributed by atoms with Crippen LogP contribution >= 0.6 is 22.7 Å². The first-order valence-corrected chi connectivity index (χ1v) is 10.3. The van der Waals surface area contributed by atoms with Gasteiger partial charge in [0.25, 0.3) is 0 Å². The van der Waals surface area contributed by atoms with Crippen LogP contribution in [0, 0.1) is 0 Å². The summed E-state index contributed by atoms with van der Waals surface area (Å²) in [6, 6.07) is 0.569. The van der Waals surface area contributed by atoms with Crippen molar-refractivity contribution in [2.75, 3.05) is 19.6 Å². The highest BCUT2D eigenvalue weighted by atomic mass is 32.1. The van der Waals surface area contributed by atoms with E-state index >= 15 is 0 Å². The molecule has 1 saturated heterocycles. The summed E-state index contributed by atoms with van der Waals surface area (Å²) in [4.78, 5) is 14.5. The van der Waals surface area contributed by atoms with Gasteiger partial charge in [-0.1, -0.05) is 13.8 Å².